The standard InChI is InChI=1S/C9H12ClNO3/c10-2-8(13)9(14)7-1-6(5-12)3-11-4-7/h1,3-4,8-9,12-14H,2,5H2. The van der Waals surface area contributed by atoms with Crippen LogP contribution >= 0.6 is 11.6 Å². The molecule has 1 aromatic heterocycles. The van der Waals surface area contributed by atoms with Crippen molar-refractivity contribution in [2.45, 2.75) is 18.8 Å². The van der Waals surface area contributed by atoms with Gasteiger partial charge in [-0.15, -0.1) is 11.6 Å². The third-order valence-corrected chi connectivity index (χ3v) is 2.18. The van der Waals surface area contributed by atoms with Crippen molar-refractivity contribution in [3.8, 4) is 0 Å². The summed E-state index contributed by atoms with van der Waals surface area (Å²) in [4.78, 5) is 3.82. The molecule has 0 saturated carbocycles. The maximum atomic E-state index is 9.55. The van der Waals surface area contributed by atoms with Crippen molar-refractivity contribution >= 4 is 11.6 Å². The molecule has 3 N–H and O–H groups in total. The molecule has 0 radical (unpaired) electrons. The van der Waals surface area contributed by atoms with Crippen molar-refractivity contribution in [2.75, 3.05) is 5.88 Å². The molecule has 0 aliphatic heterocycles. The predicted molar refractivity (Wildman–Crippen MR) is 51.8 cm³/mol. The van der Waals surface area contributed by atoms with Gasteiger partial charge < -0.3 is 15.3 Å². The highest BCUT2D eigenvalue weighted by molar-refractivity contribution is 6.18. The molecule has 0 spiro atoms. The summed E-state index contributed by atoms with van der Waals surface area (Å²) in [5.41, 5.74) is 1.04. The topological polar surface area (TPSA) is 73.6 Å². The van der Waals surface area contributed by atoms with E-state index in [1.54, 1.807) is 6.07 Å². The summed E-state index contributed by atoms with van der Waals surface area (Å²) in [5.74, 6) is -0.0511. The second kappa shape index (κ2) is 5.26. The van der Waals surface area contributed by atoms with Gasteiger partial charge in [0.25, 0.3) is 0 Å². The van der Waals surface area contributed by atoms with Crippen LogP contribution in [0.5, 0.6) is 0 Å². The lowest BCUT2D eigenvalue weighted by Gasteiger charge is -2.15. The Morgan fingerprint density at radius 3 is 2.64 bits per heavy atom. The Bertz CT molecular complexity index is 295. The molecule has 0 bridgehead atoms. The van der Waals surface area contributed by atoms with Crippen molar-refractivity contribution in [1.82, 2.24) is 4.98 Å². The fourth-order valence-corrected chi connectivity index (χ4v) is 1.23. The van der Waals surface area contributed by atoms with Crippen molar-refractivity contribution in [1.29, 1.82) is 0 Å². The molecule has 0 amide bonds. The molecule has 1 aromatic rings. The highest BCUT2D eigenvalue weighted by Crippen LogP contribution is 2.17. The number of aromatic nitrogens is 1. The van der Waals surface area contributed by atoms with Gasteiger partial charge in [-0.2, -0.15) is 0 Å². The summed E-state index contributed by atoms with van der Waals surface area (Å²) >= 11 is 5.39. The first kappa shape index (κ1) is 11.4. The summed E-state index contributed by atoms with van der Waals surface area (Å²) in [6.45, 7) is -0.148. The number of rotatable bonds is 4. The van der Waals surface area contributed by atoms with E-state index in [0.717, 1.165) is 0 Å². The van der Waals surface area contributed by atoms with Crippen molar-refractivity contribution < 1.29 is 15.3 Å². The number of hydrogen-bond acceptors (Lipinski definition) is 4. The average Bonchev–Trinajstić information content (AvgIpc) is 2.27. The summed E-state index contributed by atoms with van der Waals surface area (Å²) in [6, 6.07) is 1.58. The van der Waals surface area contributed by atoms with E-state index in [9.17, 15) is 10.2 Å². The minimum absolute atomic E-state index is 0.0511. The fraction of sp³-hybridized carbons (Fsp3) is 0.444. The van der Waals surface area contributed by atoms with E-state index in [-0.39, 0.29) is 12.5 Å². The molecule has 78 valence electrons. The van der Waals surface area contributed by atoms with Gasteiger partial charge in [-0.3, -0.25) is 4.98 Å². The Morgan fingerprint density at radius 1 is 1.36 bits per heavy atom. The number of halogens is 1. The lowest BCUT2D eigenvalue weighted by Crippen LogP contribution is -2.19. The van der Waals surface area contributed by atoms with Crippen molar-refractivity contribution in [3.63, 3.8) is 0 Å². The zero-order chi connectivity index (χ0) is 10.6. The number of alkyl halides is 1. The van der Waals surface area contributed by atoms with Crippen molar-refractivity contribution in [2.24, 2.45) is 0 Å². The highest BCUT2D eigenvalue weighted by Gasteiger charge is 2.17. The van der Waals surface area contributed by atoms with Crippen LogP contribution in [0.25, 0.3) is 0 Å². The number of nitrogens with zero attached hydrogens (tertiary/aromatic N) is 1. The van der Waals surface area contributed by atoms with Crippen LogP contribution in [-0.2, 0) is 6.61 Å². The third-order valence-electron chi connectivity index (χ3n) is 1.86. The van der Waals surface area contributed by atoms with Gasteiger partial charge in [-0.05, 0) is 11.6 Å². The Balaban J connectivity index is 2.83. The molecule has 0 aliphatic rings. The van der Waals surface area contributed by atoms with Crippen LogP contribution in [0.1, 0.15) is 17.2 Å². The third kappa shape index (κ3) is 2.65. The zero-order valence-corrected chi connectivity index (χ0v) is 8.22. The molecule has 1 rings (SSSR count). The van der Waals surface area contributed by atoms with Gasteiger partial charge in [0, 0.05) is 18.0 Å². The molecule has 14 heavy (non-hydrogen) atoms. The Hall–Kier alpha value is -0.680. The molecular formula is C9H12ClNO3. The largest absolute Gasteiger partial charge is 0.392 e. The van der Waals surface area contributed by atoms with Gasteiger partial charge in [-0.1, -0.05) is 0 Å². The monoisotopic (exact) mass is 217 g/mol. The molecule has 0 aliphatic carbocycles. The first-order valence-electron chi connectivity index (χ1n) is 4.15. The second-order valence-electron chi connectivity index (χ2n) is 2.95. The summed E-state index contributed by atoms with van der Waals surface area (Å²) in [7, 11) is 0. The number of pyridine rings is 1. The minimum Gasteiger partial charge on any atom is -0.392 e. The molecular weight excluding hydrogens is 206 g/mol. The summed E-state index contributed by atoms with van der Waals surface area (Å²) in [5, 5.41) is 27.7. The van der Waals surface area contributed by atoms with Crippen LogP contribution in [0.15, 0.2) is 18.5 Å². The van der Waals surface area contributed by atoms with E-state index in [2.05, 4.69) is 4.98 Å². The number of aliphatic hydroxyl groups is 3. The SMILES string of the molecule is OCc1cncc(C(O)C(O)CCl)c1. The lowest BCUT2D eigenvalue weighted by atomic mass is 10.1. The number of hydrogen-bond donors (Lipinski definition) is 3. The van der Waals surface area contributed by atoms with Crippen molar-refractivity contribution in [3.05, 3.63) is 29.6 Å². The van der Waals surface area contributed by atoms with Crippen LogP contribution < -0.4 is 0 Å². The van der Waals surface area contributed by atoms with E-state index < -0.39 is 12.2 Å². The molecule has 0 saturated heterocycles. The maximum Gasteiger partial charge on any atom is 0.108 e. The molecule has 5 heteroatoms. The highest BCUT2D eigenvalue weighted by atomic mass is 35.5. The van der Waals surface area contributed by atoms with E-state index in [0.29, 0.717) is 11.1 Å². The molecule has 2 unspecified atom stereocenters. The number of aliphatic hydroxyl groups excluding tert-OH is 3. The van der Waals surface area contributed by atoms with Gasteiger partial charge in [0.05, 0.1) is 18.6 Å². The summed E-state index contributed by atoms with van der Waals surface area (Å²) in [6.07, 6.45) is 0.835. The Labute approximate surface area is 86.8 Å². The van der Waals surface area contributed by atoms with Crippen LogP contribution in [-0.4, -0.2) is 32.3 Å². The van der Waals surface area contributed by atoms with Gasteiger partial charge in [-0.25, -0.2) is 0 Å². The minimum atomic E-state index is -1.06. The van der Waals surface area contributed by atoms with Gasteiger partial charge >= 0.3 is 0 Å². The van der Waals surface area contributed by atoms with E-state index in [4.69, 9.17) is 16.7 Å². The molecule has 4 nitrogen and oxygen atoms in total. The Kier molecular flexibility index (Phi) is 4.28. The van der Waals surface area contributed by atoms with Gasteiger partial charge in [0.2, 0.25) is 0 Å². The van der Waals surface area contributed by atoms with Gasteiger partial charge in [0.15, 0.2) is 0 Å². The quantitative estimate of drug-likeness (QED) is 0.631. The van der Waals surface area contributed by atoms with Gasteiger partial charge in [0.1, 0.15) is 6.10 Å². The fourth-order valence-electron chi connectivity index (χ4n) is 1.06. The second-order valence-corrected chi connectivity index (χ2v) is 3.26. The smallest absolute Gasteiger partial charge is 0.108 e. The maximum absolute atomic E-state index is 9.55. The first-order chi connectivity index (χ1) is 6.69. The van der Waals surface area contributed by atoms with E-state index in [1.807, 2.05) is 0 Å². The zero-order valence-electron chi connectivity index (χ0n) is 7.47. The average molecular weight is 218 g/mol. The predicted octanol–water partition coefficient (Wildman–Crippen LogP) is 0.207. The normalized spacial score (nSPS) is 15.1. The first-order valence-corrected chi connectivity index (χ1v) is 4.69. The van der Waals surface area contributed by atoms with Crippen LogP contribution in [0.4, 0.5) is 0 Å². The molecule has 0 aromatic carbocycles. The Morgan fingerprint density at radius 2 is 2.07 bits per heavy atom. The lowest BCUT2D eigenvalue weighted by molar-refractivity contribution is 0.0324. The summed E-state index contributed by atoms with van der Waals surface area (Å²) < 4.78 is 0. The van der Waals surface area contributed by atoms with Crippen LogP contribution in [0.3, 0.4) is 0 Å². The van der Waals surface area contributed by atoms with Crippen LogP contribution in [0, 0.1) is 0 Å². The molecule has 2 atom stereocenters. The molecule has 0 fully saturated rings. The van der Waals surface area contributed by atoms with E-state index >= 15 is 0 Å². The molecule has 1 heterocycles. The van der Waals surface area contributed by atoms with E-state index in [1.165, 1.54) is 12.4 Å². The van der Waals surface area contributed by atoms with Crippen LogP contribution in [0.2, 0.25) is 0 Å².